The number of esters is 1. The summed E-state index contributed by atoms with van der Waals surface area (Å²) in [5.41, 5.74) is -1.23. The highest BCUT2D eigenvalue weighted by Gasteiger charge is 2.37. The standard InChI is InChI=1S/C11H24N2O4S/c1-6-7-11(4,10(14)17-5)13-18(15,16)12-8-9(2)3/h9,12-13H,6-8H2,1-5H3. The Morgan fingerprint density at radius 1 is 1.39 bits per heavy atom. The van der Waals surface area contributed by atoms with Crippen molar-refractivity contribution in [1.82, 2.24) is 9.44 Å². The predicted molar refractivity (Wildman–Crippen MR) is 70.2 cm³/mol. The van der Waals surface area contributed by atoms with Crippen LogP contribution in [0.15, 0.2) is 0 Å². The molecule has 0 bridgehead atoms. The van der Waals surface area contributed by atoms with Crippen molar-refractivity contribution in [2.75, 3.05) is 13.7 Å². The third-order valence-electron chi connectivity index (χ3n) is 2.43. The van der Waals surface area contributed by atoms with Gasteiger partial charge in [-0.05, 0) is 19.3 Å². The van der Waals surface area contributed by atoms with Crippen LogP contribution < -0.4 is 9.44 Å². The predicted octanol–water partition coefficient (Wildman–Crippen LogP) is 0.798. The van der Waals surface area contributed by atoms with Crippen LogP contribution in [0.4, 0.5) is 0 Å². The van der Waals surface area contributed by atoms with E-state index in [0.717, 1.165) is 0 Å². The lowest BCUT2D eigenvalue weighted by molar-refractivity contribution is -0.147. The molecule has 0 aromatic heterocycles. The molecule has 0 aromatic rings. The van der Waals surface area contributed by atoms with E-state index in [1.54, 1.807) is 0 Å². The van der Waals surface area contributed by atoms with E-state index in [4.69, 9.17) is 0 Å². The summed E-state index contributed by atoms with van der Waals surface area (Å²) in [5.74, 6) is -0.392. The van der Waals surface area contributed by atoms with Crippen molar-refractivity contribution in [3.05, 3.63) is 0 Å². The Morgan fingerprint density at radius 2 is 1.94 bits per heavy atom. The van der Waals surface area contributed by atoms with Crippen LogP contribution in [0.3, 0.4) is 0 Å². The molecule has 1 atom stereocenters. The molecule has 0 aliphatic carbocycles. The zero-order valence-electron chi connectivity index (χ0n) is 11.7. The van der Waals surface area contributed by atoms with Crippen molar-refractivity contribution in [3.8, 4) is 0 Å². The van der Waals surface area contributed by atoms with Gasteiger partial charge in [0.05, 0.1) is 7.11 Å². The average Bonchev–Trinajstić information content (AvgIpc) is 2.25. The minimum atomic E-state index is -3.71. The molecule has 6 nitrogen and oxygen atoms in total. The fraction of sp³-hybridized carbons (Fsp3) is 0.909. The van der Waals surface area contributed by atoms with Crippen LogP contribution in [0, 0.1) is 5.92 Å². The van der Waals surface area contributed by atoms with Gasteiger partial charge in [0.1, 0.15) is 5.54 Å². The monoisotopic (exact) mass is 280 g/mol. The molecule has 2 N–H and O–H groups in total. The number of rotatable bonds is 8. The van der Waals surface area contributed by atoms with Crippen LogP contribution in [-0.4, -0.2) is 33.6 Å². The van der Waals surface area contributed by atoms with Gasteiger partial charge in [-0.2, -0.15) is 13.1 Å². The first-order valence-electron chi connectivity index (χ1n) is 6.04. The molecule has 0 heterocycles. The minimum Gasteiger partial charge on any atom is -0.468 e. The second-order valence-corrected chi connectivity index (χ2v) is 6.42. The van der Waals surface area contributed by atoms with Crippen LogP contribution in [0.2, 0.25) is 0 Å². The van der Waals surface area contributed by atoms with E-state index in [-0.39, 0.29) is 5.92 Å². The highest BCUT2D eigenvalue weighted by Crippen LogP contribution is 2.15. The summed E-state index contributed by atoms with van der Waals surface area (Å²) in [6.45, 7) is 7.51. The zero-order valence-corrected chi connectivity index (χ0v) is 12.6. The van der Waals surface area contributed by atoms with Gasteiger partial charge in [-0.3, -0.25) is 4.79 Å². The molecule has 0 aliphatic rings. The molecule has 0 saturated heterocycles. The smallest absolute Gasteiger partial charge is 0.326 e. The highest BCUT2D eigenvalue weighted by molar-refractivity contribution is 7.87. The van der Waals surface area contributed by atoms with Gasteiger partial charge in [0.2, 0.25) is 0 Å². The Balaban J connectivity index is 4.82. The van der Waals surface area contributed by atoms with E-state index in [0.29, 0.717) is 19.4 Å². The molecule has 0 aliphatic heterocycles. The second-order valence-electron chi connectivity index (χ2n) is 4.92. The van der Waals surface area contributed by atoms with E-state index in [9.17, 15) is 13.2 Å². The zero-order chi connectivity index (χ0) is 14.4. The fourth-order valence-electron chi connectivity index (χ4n) is 1.53. The Bertz CT molecular complexity index is 367. The van der Waals surface area contributed by atoms with Gasteiger partial charge in [0.15, 0.2) is 0 Å². The molecule has 18 heavy (non-hydrogen) atoms. The number of hydrogen-bond acceptors (Lipinski definition) is 4. The van der Waals surface area contributed by atoms with Crippen LogP contribution >= 0.6 is 0 Å². The molecule has 0 radical (unpaired) electrons. The lowest BCUT2D eigenvalue weighted by atomic mass is 9.98. The van der Waals surface area contributed by atoms with Gasteiger partial charge < -0.3 is 4.74 Å². The van der Waals surface area contributed by atoms with Gasteiger partial charge in [-0.15, -0.1) is 0 Å². The van der Waals surface area contributed by atoms with E-state index < -0.39 is 21.7 Å². The first kappa shape index (κ1) is 17.3. The molecule has 7 heteroatoms. The first-order valence-corrected chi connectivity index (χ1v) is 7.52. The van der Waals surface area contributed by atoms with Crippen molar-refractivity contribution in [1.29, 1.82) is 0 Å². The molecule has 108 valence electrons. The number of nitrogens with one attached hydrogen (secondary N) is 2. The fourth-order valence-corrected chi connectivity index (χ4v) is 2.93. The molecule has 1 unspecified atom stereocenters. The van der Waals surface area contributed by atoms with Crippen LogP contribution in [0.1, 0.15) is 40.5 Å². The summed E-state index contributed by atoms with van der Waals surface area (Å²) >= 11 is 0. The lowest BCUT2D eigenvalue weighted by Crippen LogP contribution is -2.56. The normalized spacial score (nSPS) is 15.4. The Morgan fingerprint density at radius 3 is 2.33 bits per heavy atom. The molecule has 0 rings (SSSR count). The van der Waals surface area contributed by atoms with Crippen molar-refractivity contribution >= 4 is 16.2 Å². The topological polar surface area (TPSA) is 84.5 Å². The van der Waals surface area contributed by atoms with Crippen molar-refractivity contribution in [3.63, 3.8) is 0 Å². The molecule has 0 fully saturated rings. The molecular formula is C11H24N2O4S. The van der Waals surface area contributed by atoms with E-state index in [2.05, 4.69) is 14.2 Å². The molecular weight excluding hydrogens is 256 g/mol. The lowest BCUT2D eigenvalue weighted by Gasteiger charge is -2.27. The summed E-state index contributed by atoms with van der Waals surface area (Å²) in [7, 11) is -2.47. The second kappa shape index (κ2) is 7.06. The van der Waals surface area contributed by atoms with Gasteiger partial charge >= 0.3 is 5.97 Å². The Hall–Kier alpha value is -0.660. The van der Waals surface area contributed by atoms with Crippen molar-refractivity contribution < 1.29 is 17.9 Å². The number of carbonyl (C=O) groups excluding carboxylic acids is 1. The van der Waals surface area contributed by atoms with Crippen LogP contribution in [0.5, 0.6) is 0 Å². The minimum absolute atomic E-state index is 0.192. The Kier molecular flexibility index (Phi) is 6.80. The quantitative estimate of drug-likeness (QED) is 0.644. The average molecular weight is 280 g/mol. The summed E-state index contributed by atoms with van der Waals surface area (Å²) in [4.78, 5) is 11.7. The van der Waals surface area contributed by atoms with Crippen molar-refractivity contribution in [2.24, 2.45) is 5.92 Å². The van der Waals surface area contributed by atoms with Gasteiger partial charge in [-0.25, -0.2) is 4.72 Å². The van der Waals surface area contributed by atoms with Gasteiger partial charge in [0, 0.05) is 6.54 Å². The van der Waals surface area contributed by atoms with Gasteiger partial charge in [0.25, 0.3) is 10.2 Å². The first-order chi connectivity index (χ1) is 8.17. The third-order valence-corrected chi connectivity index (χ3v) is 3.69. The molecule has 0 aromatic carbocycles. The van der Waals surface area contributed by atoms with Crippen LogP contribution in [-0.2, 0) is 19.7 Å². The Labute approximate surface area is 110 Å². The van der Waals surface area contributed by atoms with E-state index in [1.807, 2.05) is 20.8 Å². The number of hydrogen-bond donors (Lipinski definition) is 2. The maximum absolute atomic E-state index is 11.8. The van der Waals surface area contributed by atoms with Crippen molar-refractivity contribution in [2.45, 2.75) is 46.1 Å². The maximum Gasteiger partial charge on any atom is 0.326 e. The summed E-state index contributed by atoms with van der Waals surface area (Å²) in [5, 5.41) is 0. The summed E-state index contributed by atoms with van der Waals surface area (Å²) < 4.78 is 33.0. The summed E-state index contributed by atoms with van der Waals surface area (Å²) in [6, 6.07) is 0. The SMILES string of the molecule is CCCC(C)(NS(=O)(=O)NCC(C)C)C(=O)OC. The maximum atomic E-state index is 11.8. The largest absolute Gasteiger partial charge is 0.468 e. The molecule has 0 amide bonds. The van der Waals surface area contributed by atoms with Gasteiger partial charge in [-0.1, -0.05) is 27.2 Å². The number of methoxy groups -OCH3 is 1. The highest BCUT2D eigenvalue weighted by atomic mass is 32.2. The van der Waals surface area contributed by atoms with E-state index >= 15 is 0 Å². The summed E-state index contributed by atoms with van der Waals surface area (Å²) in [6.07, 6.45) is 1.04. The molecule has 0 saturated carbocycles. The molecule has 0 spiro atoms. The third kappa shape index (κ3) is 5.79. The number of ether oxygens (including phenoxy) is 1. The number of carbonyl (C=O) groups is 1. The van der Waals surface area contributed by atoms with Crippen LogP contribution in [0.25, 0.3) is 0 Å². The van der Waals surface area contributed by atoms with E-state index in [1.165, 1.54) is 14.0 Å².